The van der Waals surface area contributed by atoms with Gasteiger partial charge in [-0.25, -0.2) is 4.68 Å². The number of piperidine rings is 1. The zero-order valence-corrected chi connectivity index (χ0v) is 15.0. The number of rotatable bonds is 4. The van der Waals surface area contributed by atoms with Crippen molar-refractivity contribution in [3.05, 3.63) is 11.9 Å². The van der Waals surface area contributed by atoms with E-state index < -0.39 is 0 Å². The summed E-state index contributed by atoms with van der Waals surface area (Å²) in [5.41, 5.74) is 1.15. The molecule has 2 N–H and O–H groups in total. The van der Waals surface area contributed by atoms with Gasteiger partial charge in [-0.1, -0.05) is 37.3 Å². The molecule has 0 radical (unpaired) electrons. The van der Waals surface area contributed by atoms with E-state index in [9.17, 15) is 4.79 Å². The van der Waals surface area contributed by atoms with Crippen LogP contribution in [0.1, 0.15) is 56.7 Å². The zero-order chi connectivity index (χ0) is 17.1. The number of nitrogens with zero attached hydrogens (tertiary/aromatic N) is 4. The maximum Gasteiger partial charge on any atom is 0.241 e. The third kappa shape index (κ3) is 4.03. The second-order valence-corrected chi connectivity index (χ2v) is 7.84. The Hall–Kier alpha value is -1.47. The van der Waals surface area contributed by atoms with Crippen LogP contribution < -0.4 is 10.6 Å². The lowest BCUT2D eigenvalue weighted by atomic mass is 9.86. The van der Waals surface area contributed by atoms with Crippen molar-refractivity contribution in [2.24, 2.45) is 5.92 Å². The average molecular weight is 346 g/mol. The summed E-state index contributed by atoms with van der Waals surface area (Å²) in [6.45, 7) is 3.11. The second-order valence-electron chi connectivity index (χ2n) is 7.84. The molecular formula is C18H30N6O. The highest BCUT2D eigenvalue weighted by Crippen LogP contribution is 2.27. The summed E-state index contributed by atoms with van der Waals surface area (Å²) in [5, 5.41) is 15.2. The SMILES string of the molecule is O=C(C1CNCN1)N1CCC(n2cc(CC3CCCCC3)nn2)CC1. The van der Waals surface area contributed by atoms with Gasteiger partial charge in [0.2, 0.25) is 5.91 Å². The monoisotopic (exact) mass is 346 g/mol. The maximum absolute atomic E-state index is 12.5. The molecule has 1 aromatic heterocycles. The Bertz CT molecular complexity index is 568. The predicted octanol–water partition coefficient (Wildman–Crippen LogP) is 1.08. The van der Waals surface area contributed by atoms with Crippen LogP contribution in [0.5, 0.6) is 0 Å². The maximum atomic E-state index is 12.5. The molecule has 3 heterocycles. The summed E-state index contributed by atoms with van der Waals surface area (Å²) in [5.74, 6) is 1.03. The standard InChI is InChI=1S/C18H30N6O/c25-18(17-11-19-13-20-17)23-8-6-16(7-9-23)24-12-15(21-22-24)10-14-4-2-1-3-5-14/h12,14,16-17,19-20H,1-11,13H2. The van der Waals surface area contributed by atoms with Gasteiger partial charge >= 0.3 is 0 Å². The van der Waals surface area contributed by atoms with Gasteiger partial charge in [0.15, 0.2) is 0 Å². The molecule has 1 saturated carbocycles. The smallest absolute Gasteiger partial charge is 0.241 e. The molecule has 7 nitrogen and oxygen atoms in total. The molecule has 0 spiro atoms. The molecule has 3 aliphatic rings. The van der Waals surface area contributed by atoms with E-state index in [-0.39, 0.29) is 11.9 Å². The molecule has 2 saturated heterocycles. The first-order chi connectivity index (χ1) is 12.3. The summed E-state index contributed by atoms with van der Waals surface area (Å²) in [7, 11) is 0. The summed E-state index contributed by atoms with van der Waals surface area (Å²) in [4.78, 5) is 14.5. The van der Waals surface area contributed by atoms with Crippen molar-refractivity contribution in [2.45, 2.75) is 63.5 Å². The fourth-order valence-corrected chi connectivity index (χ4v) is 4.50. The number of carbonyl (C=O) groups excluding carboxylic acids is 1. The van der Waals surface area contributed by atoms with Crippen molar-refractivity contribution in [1.82, 2.24) is 30.5 Å². The average Bonchev–Trinajstić information content (AvgIpc) is 3.34. The number of carbonyl (C=O) groups is 1. The van der Waals surface area contributed by atoms with Crippen molar-refractivity contribution in [2.75, 3.05) is 26.3 Å². The molecular weight excluding hydrogens is 316 g/mol. The molecule has 4 rings (SSSR count). The number of nitrogens with one attached hydrogen (secondary N) is 2. The lowest BCUT2D eigenvalue weighted by Gasteiger charge is -2.33. The Balaban J connectivity index is 1.28. The van der Waals surface area contributed by atoms with Crippen LogP contribution in [0.4, 0.5) is 0 Å². The van der Waals surface area contributed by atoms with E-state index in [0.717, 1.165) is 57.2 Å². The minimum atomic E-state index is -0.0509. The molecule has 7 heteroatoms. The molecule has 0 aromatic carbocycles. The molecule has 1 aromatic rings. The predicted molar refractivity (Wildman–Crippen MR) is 94.9 cm³/mol. The minimum absolute atomic E-state index is 0.0509. The first-order valence-corrected chi connectivity index (χ1v) is 9.93. The van der Waals surface area contributed by atoms with E-state index in [1.165, 1.54) is 32.1 Å². The van der Waals surface area contributed by atoms with Gasteiger partial charge in [-0.15, -0.1) is 5.10 Å². The van der Waals surface area contributed by atoms with Crippen LogP contribution in [0.3, 0.4) is 0 Å². The van der Waals surface area contributed by atoms with Crippen molar-refractivity contribution < 1.29 is 4.79 Å². The summed E-state index contributed by atoms with van der Waals surface area (Å²) in [6.07, 6.45) is 12.0. The van der Waals surface area contributed by atoms with E-state index in [1.807, 2.05) is 4.90 Å². The van der Waals surface area contributed by atoms with Gasteiger partial charge in [0.1, 0.15) is 6.04 Å². The molecule has 1 unspecified atom stereocenters. The Morgan fingerprint density at radius 1 is 1.16 bits per heavy atom. The fraction of sp³-hybridized carbons (Fsp3) is 0.833. The van der Waals surface area contributed by atoms with Crippen LogP contribution >= 0.6 is 0 Å². The Labute approximate surface area is 149 Å². The van der Waals surface area contributed by atoms with Crippen LogP contribution in [0.2, 0.25) is 0 Å². The first kappa shape index (κ1) is 17.0. The van der Waals surface area contributed by atoms with E-state index in [2.05, 4.69) is 31.8 Å². The number of amides is 1. The van der Waals surface area contributed by atoms with E-state index in [4.69, 9.17) is 0 Å². The first-order valence-electron chi connectivity index (χ1n) is 9.93. The molecule has 25 heavy (non-hydrogen) atoms. The minimum Gasteiger partial charge on any atom is -0.341 e. The summed E-state index contributed by atoms with van der Waals surface area (Å²) < 4.78 is 2.05. The summed E-state index contributed by atoms with van der Waals surface area (Å²) >= 11 is 0. The largest absolute Gasteiger partial charge is 0.341 e. The molecule has 1 aliphatic carbocycles. The van der Waals surface area contributed by atoms with Crippen molar-refractivity contribution in [3.63, 3.8) is 0 Å². The normalized spacial score (nSPS) is 26.2. The number of likely N-dealkylation sites (tertiary alicyclic amines) is 1. The quantitative estimate of drug-likeness (QED) is 0.853. The van der Waals surface area contributed by atoms with Gasteiger partial charge in [0.05, 0.1) is 11.7 Å². The van der Waals surface area contributed by atoms with Crippen LogP contribution in [0, 0.1) is 5.92 Å². The molecule has 138 valence electrons. The second kappa shape index (κ2) is 7.83. The van der Waals surface area contributed by atoms with Crippen molar-refractivity contribution in [1.29, 1.82) is 0 Å². The number of hydrogen-bond donors (Lipinski definition) is 2. The van der Waals surface area contributed by atoms with E-state index in [1.54, 1.807) is 0 Å². The van der Waals surface area contributed by atoms with Crippen molar-refractivity contribution in [3.8, 4) is 0 Å². The molecule has 3 fully saturated rings. The van der Waals surface area contributed by atoms with Gasteiger partial charge in [0, 0.05) is 32.5 Å². The third-order valence-electron chi connectivity index (χ3n) is 6.05. The molecule has 1 amide bonds. The summed E-state index contributed by atoms with van der Waals surface area (Å²) in [6, 6.07) is 0.330. The zero-order valence-electron chi connectivity index (χ0n) is 15.0. The van der Waals surface area contributed by atoms with Crippen LogP contribution in [0.15, 0.2) is 6.20 Å². The van der Waals surface area contributed by atoms with E-state index >= 15 is 0 Å². The Kier molecular flexibility index (Phi) is 5.31. The van der Waals surface area contributed by atoms with Gasteiger partial charge in [-0.05, 0) is 25.2 Å². The highest BCUT2D eigenvalue weighted by molar-refractivity contribution is 5.82. The molecule has 0 bridgehead atoms. The van der Waals surface area contributed by atoms with Gasteiger partial charge in [-0.2, -0.15) is 0 Å². The lowest BCUT2D eigenvalue weighted by Crippen LogP contribution is -2.48. The highest BCUT2D eigenvalue weighted by Gasteiger charge is 2.30. The third-order valence-corrected chi connectivity index (χ3v) is 6.05. The fourth-order valence-electron chi connectivity index (χ4n) is 4.50. The van der Waals surface area contributed by atoms with Crippen LogP contribution in [-0.4, -0.2) is 58.1 Å². The lowest BCUT2D eigenvalue weighted by molar-refractivity contribution is -0.134. The Morgan fingerprint density at radius 2 is 1.96 bits per heavy atom. The van der Waals surface area contributed by atoms with Crippen molar-refractivity contribution >= 4 is 5.91 Å². The van der Waals surface area contributed by atoms with Gasteiger partial charge in [0.25, 0.3) is 0 Å². The topological polar surface area (TPSA) is 75.1 Å². The van der Waals surface area contributed by atoms with Crippen LogP contribution in [0.25, 0.3) is 0 Å². The van der Waals surface area contributed by atoms with E-state index in [0.29, 0.717) is 6.04 Å². The number of aromatic nitrogens is 3. The van der Waals surface area contributed by atoms with Gasteiger partial charge < -0.3 is 10.2 Å². The Morgan fingerprint density at radius 3 is 2.68 bits per heavy atom. The molecule has 2 aliphatic heterocycles. The highest BCUT2D eigenvalue weighted by atomic mass is 16.2. The van der Waals surface area contributed by atoms with Crippen LogP contribution in [-0.2, 0) is 11.2 Å². The number of hydrogen-bond acceptors (Lipinski definition) is 5. The van der Waals surface area contributed by atoms with Gasteiger partial charge in [-0.3, -0.25) is 10.1 Å². The molecule has 1 atom stereocenters.